The molecule has 0 aliphatic carbocycles. The van der Waals surface area contributed by atoms with Crippen LogP contribution in [0.15, 0.2) is 90.0 Å². The number of anilines is 1. The van der Waals surface area contributed by atoms with E-state index in [0.29, 0.717) is 16.9 Å². The van der Waals surface area contributed by atoms with Crippen molar-refractivity contribution in [1.29, 1.82) is 0 Å². The van der Waals surface area contributed by atoms with E-state index in [-0.39, 0.29) is 41.7 Å². The zero-order valence-corrected chi connectivity index (χ0v) is 23.3. The Bertz CT molecular complexity index is 1590. The second-order valence-corrected chi connectivity index (χ2v) is 11.3. The van der Waals surface area contributed by atoms with Gasteiger partial charge in [0.15, 0.2) is 0 Å². The molecule has 0 fully saturated rings. The fraction of sp³-hybridized carbons (Fsp3) is 0.200. The smallest absolute Gasteiger partial charge is 0.262 e. The number of likely N-dealkylation sites (N-methyl/N-ethyl adjacent to an activating group) is 1. The van der Waals surface area contributed by atoms with Crippen molar-refractivity contribution in [3.05, 3.63) is 102 Å². The molecule has 9 nitrogen and oxygen atoms in total. The Morgan fingerprint density at radius 3 is 2.30 bits per heavy atom. The lowest BCUT2D eigenvalue weighted by atomic mass is 10.1. The molecule has 0 saturated heterocycles. The first-order valence-corrected chi connectivity index (χ1v) is 14.0. The molecule has 0 spiro atoms. The zero-order valence-electron chi connectivity index (χ0n) is 22.5. The van der Waals surface area contributed by atoms with Gasteiger partial charge >= 0.3 is 0 Å². The highest BCUT2D eigenvalue weighted by Crippen LogP contribution is 2.30. The topological polar surface area (TPSA) is 120 Å². The highest BCUT2D eigenvalue weighted by molar-refractivity contribution is 7.89. The predicted molar refractivity (Wildman–Crippen MR) is 153 cm³/mol. The van der Waals surface area contributed by atoms with Gasteiger partial charge in [0.1, 0.15) is 16.4 Å². The first kappa shape index (κ1) is 28.8. The van der Waals surface area contributed by atoms with Crippen molar-refractivity contribution in [2.75, 3.05) is 32.2 Å². The minimum atomic E-state index is -3.71. The molecular formula is C30H31N3O6S. The normalized spacial score (nSPS) is 11.5. The van der Waals surface area contributed by atoms with Gasteiger partial charge in [-0.25, -0.2) is 8.42 Å². The van der Waals surface area contributed by atoms with Crippen LogP contribution in [0.5, 0.6) is 11.5 Å². The summed E-state index contributed by atoms with van der Waals surface area (Å²) in [6.45, 7) is 2.55. The third-order valence-corrected chi connectivity index (χ3v) is 8.29. The molecule has 10 heteroatoms. The quantitative estimate of drug-likeness (QED) is 0.291. The Kier molecular flexibility index (Phi) is 8.83. The van der Waals surface area contributed by atoms with E-state index in [9.17, 15) is 23.4 Å². The first-order chi connectivity index (χ1) is 19.1. The van der Waals surface area contributed by atoms with Crippen LogP contribution in [0.3, 0.4) is 0 Å². The van der Waals surface area contributed by atoms with Gasteiger partial charge in [0.2, 0.25) is 10.0 Å². The average molecular weight is 562 g/mol. The van der Waals surface area contributed by atoms with Gasteiger partial charge in [0.05, 0.1) is 24.4 Å². The Labute approximate surface area is 234 Å². The Morgan fingerprint density at radius 1 is 0.975 bits per heavy atom. The number of aromatic nitrogens is 1. The molecular weight excluding hydrogens is 530 g/mol. The molecule has 0 bridgehead atoms. The van der Waals surface area contributed by atoms with Crippen LogP contribution in [0.25, 0.3) is 11.3 Å². The van der Waals surface area contributed by atoms with Crippen LogP contribution >= 0.6 is 0 Å². The lowest BCUT2D eigenvalue weighted by molar-refractivity contribution is 0.0982. The van der Waals surface area contributed by atoms with Gasteiger partial charge in [-0.05, 0) is 48.4 Å². The number of methoxy groups -OCH3 is 1. The van der Waals surface area contributed by atoms with Crippen molar-refractivity contribution in [1.82, 2.24) is 9.29 Å². The summed E-state index contributed by atoms with van der Waals surface area (Å²) < 4.78 is 32.0. The van der Waals surface area contributed by atoms with E-state index in [0.717, 1.165) is 17.2 Å². The molecule has 1 aromatic heterocycles. The Balaban J connectivity index is 1.65. The maximum Gasteiger partial charge on any atom is 0.262 e. The number of hydrogen-bond acceptors (Lipinski definition) is 7. The lowest BCUT2D eigenvalue weighted by Gasteiger charge is -2.24. The number of hydrogen-bond donors (Lipinski definition) is 2. The van der Waals surface area contributed by atoms with Crippen LogP contribution in [0, 0.1) is 6.92 Å². The summed E-state index contributed by atoms with van der Waals surface area (Å²) in [7, 11) is -0.701. The van der Waals surface area contributed by atoms with Crippen LogP contribution in [-0.4, -0.2) is 61.1 Å². The maximum atomic E-state index is 13.5. The van der Waals surface area contributed by atoms with Gasteiger partial charge < -0.3 is 19.8 Å². The number of amides is 1. The molecule has 1 amide bonds. The van der Waals surface area contributed by atoms with Gasteiger partial charge in [-0.3, -0.25) is 9.78 Å². The van der Waals surface area contributed by atoms with Gasteiger partial charge in [0.25, 0.3) is 5.91 Å². The number of benzene rings is 3. The van der Waals surface area contributed by atoms with Crippen LogP contribution in [0.4, 0.5) is 5.69 Å². The first-order valence-electron chi connectivity index (χ1n) is 12.5. The molecule has 0 aliphatic heterocycles. The number of phenolic OH excluding ortho intramolecular Hbond substituents is 2. The molecule has 4 rings (SSSR count). The summed E-state index contributed by atoms with van der Waals surface area (Å²) in [5.74, 6) is -0.894. The SMILES string of the molecule is COCCN(C)S(=O)(=O)c1cnc(-c2ccc(N(Cc3ccccc3)C(=O)c3ccc(O)cc3O)cc2)c(C)c1. The number of rotatable bonds is 10. The summed E-state index contributed by atoms with van der Waals surface area (Å²) in [4.78, 5) is 19.6. The zero-order chi connectivity index (χ0) is 28.9. The van der Waals surface area contributed by atoms with Gasteiger partial charge in [-0.2, -0.15) is 4.31 Å². The Hall–Kier alpha value is -4.25. The number of pyridine rings is 1. The van der Waals surface area contributed by atoms with E-state index in [1.165, 1.54) is 41.7 Å². The van der Waals surface area contributed by atoms with Gasteiger partial charge in [0, 0.05) is 44.2 Å². The lowest BCUT2D eigenvalue weighted by Crippen LogP contribution is -2.30. The predicted octanol–water partition coefficient (Wildman–Crippen LogP) is 4.58. The highest BCUT2D eigenvalue weighted by Gasteiger charge is 2.23. The van der Waals surface area contributed by atoms with Crippen molar-refractivity contribution >= 4 is 21.6 Å². The highest BCUT2D eigenvalue weighted by atomic mass is 32.2. The minimum absolute atomic E-state index is 0.0579. The van der Waals surface area contributed by atoms with Crippen LogP contribution in [0.2, 0.25) is 0 Å². The van der Waals surface area contributed by atoms with Crippen LogP contribution in [-0.2, 0) is 21.3 Å². The molecule has 3 aromatic carbocycles. The molecule has 0 aliphatic rings. The number of carbonyl (C=O) groups is 1. The number of carbonyl (C=O) groups excluding carboxylic acids is 1. The fourth-order valence-corrected chi connectivity index (χ4v) is 5.39. The van der Waals surface area contributed by atoms with Crippen molar-refractivity contribution in [2.24, 2.45) is 0 Å². The number of phenols is 2. The minimum Gasteiger partial charge on any atom is -0.508 e. The van der Waals surface area contributed by atoms with Gasteiger partial charge in [-0.15, -0.1) is 0 Å². The number of aromatic hydroxyl groups is 2. The Morgan fingerprint density at radius 2 is 1.68 bits per heavy atom. The molecule has 1 heterocycles. The van der Waals surface area contributed by atoms with E-state index < -0.39 is 15.9 Å². The van der Waals surface area contributed by atoms with Crippen molar-refractivity contribution in [3.63, 3.8) is 0 Å². The third kappa shape index (κ3) is 6.31. The summed E-state index contributed by atoms with van der Waals surface area (Å²) >= 11 is 0. The van der Waals surface area contributed by atoms with E-state index in [4.69, 9.17) is 4.74 Å². The number of ether oxygens (including phenoxy) is 1. The maximum absolute atomic E-state index is 13.5. The second kappa shape index (κ2) is 12.3. The molecule has 0 unspecified atom stereocenters. The molecule has 0 atom stereocenters. The largest absolute Gasteiger partial charge is 0.508 e. The summed E-state index contributed by atoms with van der Waals surface area (Å²) in [6, 6.07) is 22.1. The second-order valence-electron chi connectivity index (χ2n) is 9.28. The van der Waals surface area contributed by atoms with E-state index >= 15 is 0 Å². The number of aryl methyl sites for hydroxylation is 1. The molecule has 0 radical (unpaired) electrons. The van der Waals surface area contributed by atoms with Crippen molar-refractivity contribution < 1.29 is 28.2 Å². The average Bonchev–Trinajstić information content (AvgIpc) is 2.95. The summed E-state index contributed by atoms with van der Waals surface area (Å²) in [5.41, 5.74) is 3.58. The number of nitrogens with zero attached hydrogens (tertiary/aromatic N) is 3. The van der Waals surface area contributed by atoms with Crippen molar-refractivity contribution in [3.8, 4) is 22.8 Å². The van der Waals surface area contributed by atoms with E-state index in [1.54, 1.807) is 25.1 Å². The molecule has 0 saturated carbocycles. The monoisotopic (exact) mass is 561 g/mol. The van der Waals surface area contributed by atoms with E-state index in [2.05, 4.69) is 4.98 Å². The van der Waals surface area contributed by atoms with E-state index in [1.807, 2.05) is 42.5 Å². The van der Waals surface area contributed by atoms with Crippen molar-refractivity contribution in [2.45, 2.75) is 18.4 Å². The van der Waals surface area contributed by atoms with Crippen LogP contribution < -0.4 is 4.90 Å². The third-order valence-electron chi connectivity index (χ3n) is 6.46. The fourth-order valence-electron chi connectivity index (χ4n) is 4.20. The summed E-state index contributed by atoms with van der Waals surface area (Å²) in [5, 5.41) is 20.0. The summed E-state index contributed by atoms with van der Waals surface area (Å²) in [6.07, 6.45) is 1.34. The molecule has 40 heavy (non-hydrogen) atoms. The molecule has 208 valence electrons. The van der Waals surface area contributed by atoms with Gasteiger partial charge in [-0.1, -0.05) is 42.5 Å². The molecule has 2 N–H and O–H groups in total. The standard InChI is InChI=1S/C30H31N3O6S/c1-21-17-26(40(37,38)32(2)15-16-39-3)19-31-29(21)23-9-11-24(12-10-23)33(20-22-7-5-4-6-8-22)30(36)27-14-13-25(34)18-28(27)35/h4-14,17-19,34-35H,15-16,20H2,1-3H3. The van der Waals surface area contributed by atoms with Crippen LogP contribution in [0.1, 0.15) is 21.5 Å². The number of sulfonamides is 1. The molecule has 4 aromatic rings.